The van der Waals surface area contributed by atoms with E-state index >= 15 is 0 Å². The van der Waals surface area contributed by atoms with E-state index < -0.39 is 5.97 Å². The van der Waals surface area contributed by atoms with Crippen LogP contribution < -0.4 is 0 Å². The van der Waals surface area contributed by atoms with Gasteiger partial charge in [-0.2, -0.15) is 0 Å². The fourth-order valence-corrected chi connectivity index (χ4v) is 4.20. The Morgan fingerprint density at radius 2 is 2.07 bits per heavy atom. The molecule has 1 aliphatic rings. The summed E-state index contributed by atoms with van der Waals surface area (Å²) in [5.41, 5.74) is 5.98. The predicted molar refractivity (Wildman–Crippen MR) is 112 cm³/mol. The van der Waals surface area contributed by atoms with E-state index in [-0.39, 0.29) is 5.56 Å². The van der Waals surface area contributed by atoms with Gasteiger partial charge in [0, 0.05) is 29.7 Å². The van der Waals surface area contributed by atoms with Crippen LogP contribution in [-0.4, -0.2) is 30.8 Å². The molecule has 152 valence electrons. The highest BCUT2D eigenvalue weighted by molar-refractivity contribution is 5.88. The third-order valence-electron chi connectivity index (χ3n) is 6.01. The van der Waals surface area contributed by atoms with Gasteiger partial charge < -0.3 is 9.63 Å². The summed E-state index contributed by atoms with van der Waals surface area (Å²) in [5.74, 6) is 1.14. The minimum atomic E-state index is -0.987. The Hall–Kier alpha value is -3.48. The second kappa shape index (κ2) is 7.09. The smallest absolute Gasteiger partial charge is 0.337 e. The molecule has 30 heavy (non-hydrogen) atoms. The molecule has 0 aliphatic heterocycles. The highest BCUT2D eigenvalue weighted by Crippen LogP contribution is 2.35. The van der Waals surface area contributed by atoms with Gasteiger partial charge >= 0.3 is 5.97 Å². The number of carboxylic acids is 1. The Bertz CT molecular complexity index is 1230. The fraction of sp³-hybridized carbons (Fsp3) is 0.304. The second-order valence-electron chi connectivity index (χ2n) is 8.03. The maximum atomic E-state index is 11.2. The molecule has 0 saturated heterocycles. The van der Waals surface area contributed by atoms with E-state index in [9.17, 15) is 9.90 Å². The first-order valence-corrected chi connectivity index (χ1v) is 10.1. The molecule has 1 N–H and O–H groups in total. The van der Waals surface area contributed by atoms with E-state index in [1.807, 2.05) is 24.6 Å². The lowest BCUT2D eigenvalue weighted by Crippen LogP contribution is -2.13. The zero-order valence-corrected chi connectivity index (χ0v) is 16.9. The number of nitrogens with zero attached hydrogens (tertiary/aromatic N) is 4. The van der Waals surface area contributed by atoms with E-state index in [4.69, 9.17) is 9.51 Å². The SMILES string of the molecule is Cc1noc(C)c1-c1cnc2c(CC3CCC3)cn(-c3ccc(C(=O)O)cn3)c2c1. The lowest BCUT2D eigenvalue weighted by Gasteiger charge is -2.24. The first kappa shape index (κ1) is 18.5. The minimum Gasteiger partial charge on any atom is -0.478 e. The van der Waals surface area contributed by atoms with Gasteiger partial charge in [0.1, 0.15) is 11.6 Å². The van der Waals surface area contributed by atoms with Crippen LogP contribution in [0.3, 0.4) is 0 Å². The third kappa shape index (κ3) is 3.07. The Morgan fingerprint density at radius 3 is 2.67 bits per heavy atom. The maximum absolute atomic E-state index is 11.2. The topological polar surface area (TPSA) is 94.0 Å². The van der Waals surface area contributed by atoms with Gasteiger partial charge in [-0.3, -0.25) is 9.55 Å². The summed E-state index contributed by atoms with van der Waals surface area (Å²) in [7, 11) is 0. The van der Waals surface area contributed by atoms with Crippen LogP contribution in [0.1, 0.15) is 46.6 Å². The van der Waals surface area contributed by atoms with Gasteiger partial charge in [-0.05, 0) is 49.9 Å². The zero-order chi connectivity index (χ0) is 20.8. The van der Waals surface area contributed by atoms with Crippen LogP contribution in [0.25, 0.3) is 28.0 Å². The van der Waals surface area contributed by atoms with Crippen molar-refractivity contribution in [3.63, 3.8) is 0 Å². The molecule has 5 rings (SSSR count). The van der Waals surface area contributed by atoms with Crippen molar-refractivity contribution in [1.29, 1.82) is 0 Å². The summed E-state index contributed by atoms with van der Waals surface area (Å²) >= 11 is 0. The first-order valence-electron chi connectivity index (χ1n) is 10.1. The van der Waals surface area contributed by atoms with Gasteiger partial charge in [-0.25, -0.2) is 9.78 Å². The highest BCUT2D eigenvalue weighted by atomic mass is 16.5. The molecule has 0 bridgehead atoms. The van der Waals surface area contributed by atoms with Gasteiger partial charge in [0.2, 0.25) is 0 Å². The molecular formula is C23H22N4O3. The normalized spacial score (nSPS) is 14.2. The summed E-state index contributed by atoms with van der Waals surface area (Å²) < 4.78 is 7.34. The highest BCUT2D eigenvalue weighted by Gasteiger charge is 2.22. The Balaban J connectivity index is 1.67. The van der Waals surface area contributed by atoms with Crippen LogP contribution in [0.4, 0.5) is 0 Å². The van der Waals surface area contributed by atoms with Gasteiger partial charge in [-0.1, -0.05) is 24.4 Å². The van der Waals surface area contributed by atoms with Crippen molar-refractivity contribution in [3.05, 3.63) is 59.4 Å². The lowest BCUT2D eigenvalue weighted by molar-refractivity contribution is 0.0696. The van der Waals surface area contributed by atoms with Crippen molar-refractivity contribution in [1.82, 2.24) is 19.7 Å². The number of hydrogen-bond donors (Lipinski definition) is 1. The molecule has 4 heterocycles. The number of hydrogen-bond acceptors (Lipinski definition) is 5. The summed E-state index contributed by atoms with van der Waals surface area (Å²) in [5, 5.41) is 13.2. The standard InChI is InChI=1S/C23H22N4O3/c1-13-21(14(2)30-26-13)17-9-19-22(25-11-17)18(8-15-4-3-5-15)12-27(19)20-7-6-16(10-24-20)23(28)29/h6-7,9-12,15H,3-5,8H2,1-2H3,(H,28,29). The van der Waals surface area contributed by atoms with E-state index in [1.54, 1.807) is 12.1 Å². The van der Waals surface area contributed by atoms with Gasteiger partial charge in [0.15, 0.2) is 0 Å². The van der Waals surface area contributed by atoms with Gasteiger partial charge in [0.05, 0.1) is 22.3 Å². The number of carboxylic acid groups (broad SMARTS) is 1. The second-order valence-corrected chi connectivity index (χ2v) is 8.03. The van der Waals surface area contributed by atoms with Crippen LogP contribution in [0.15, 0.2) is 41.3 Å². The third-order valence-corrected chi connectivity index (χ3v) is 6.01. The molecule has 0 amide bonds. The molecular weight excluding hydrogens is 380 g/mol. The first-order chi connectivity index (χ1) is 14.5. The molecule has 1 saturated carbocycles. The number of fused-ring (bicyclic) bond motifs is 1. The Morgan fingerprint density at radius 1 is 1.23 bits per heavy atom. The molecule has 0 spiro atoms. The van der Waals surface area contributed by atoms with Crippen LogP contribution >= 0.6 is 0 Å². The average Bonchev–Trinajstić information content (AvgIpc) is 3.24. The average molecular weight is 402 g/mol. The summed E-state index contributed by atoms with van der Waals surface area (Å²) in [4.78, 5) is 20.4. The molecule has 0 aromatic carbocycles. The van der Waals surface area contributed by atoms with Gasteiger partial charge in [-0.15, -0.1) is 0 Å². The van der Waals surface area contributed by atoms with Crippen LogP contribution in [-0.2, 0) is 6.42 Å². The largest absolute Gasteiger partial charge is 0.478 e. The summed E-state index contributed by atoms with van der Waals surface area (Å²) in [6, 6.07) is 5.40. The van der Waals surface area contributed by atoms with Crippen LogP contribution in [0.2, 0.25) is 0 Å². The molecule has 1 aliphatic carbocycles. The molecule has 4 aromatic rings. The fourth-order valence-electron chi connectivity index (χ4n) is 4.20. The summed E-state index contributed by atoms with van der Waals surface area (Å²) in [6.07, 6.45) is 10.2. The van der Waals surface area contributed by atoms with Crippen molar-refractivity contribution in [2.45, 2.75) is 39.5 Å². The van der Waals surface area contributed by atoms with Crippen molar-refractivity contribution >= 4 is 17.0 Å². The Kier molecular flexibility index (Phi) is 4.38. The molecule has 0 unspecified atom stereocenters. The molecule has 7 nitrogen and oxygen atoms in total. The van der Waals surface area contributed by atoms with E-state index in [0.29, 0.717) is 11.7 Å². The van der Waals surface area contributed by atoms with Crippen molar-refractivity contribution < 1.29 is 14.4 Å². The van der Waals surface area contributed by atoms with Crippen LogP contribution in [0.5, 0.6) is 0 Å². The van der Waals surface area contributed by atoms with E-state index in [1.165, 1.54) is 31.0 Å². The quantitative estimate of drug-likeness (QED) is 0.518. The number of pyridine rings is 2. The molecule has 4 aromatic heterocycles. The number of aromatic carboxylic acids is 1. The molecule has 7 heteroatoms. The van der Waals surface area contributed by atoms with Crippen LogP contribution in [0, 0.1) is 19.8 Å². The maximum Gasteiger partial charge on any atom is 0.337 e. The Labute approximate surface area is 173 Å². The van der Waals surface area contributed by atoms with Crippen molar-refractivity contribution in [3.8, 4) is 16.9 Å². The monoisotopic (exact) mass is 402 g/mol. The summed E-state index contributed by atoms with van der Waals surface area (Å²) in [6.45, 7) is 3.82. The molecule has 1 fully saturated rings. The number of carbonyl (C=O) groups is 1. The van der Waals surface area contributed by atoms with Crippen molar-refractivity contribution in [2.75, 3.05) is 0 Å². The van der Waals surface area contributed by atoms with E-state index in [0.717, 1.165) is 40.0 Å². The zero-order valence-electron chi connectivity index (χ0n) is 16.9. The number of rotatable bonds is 5. The lowest BCUT2D eigenvalue weighted by atomic mass is 9.81. The number of aromatic nitrogens is 4. The molecule has 0 radical (unpaired) electrons. The molecule has 0 atom stereocenters. The number of aryl methyl sites for hydroxylation is 2. The van der Waals surface area contributed by atoms with E-state index in [2.05, 4.69) is 22.4 Å². The van der Waals surface area contributed by atoms with Crippen molar-refractivity contribution in [2.24, 2.45) is 5.92 Å². The minimum absolute atomic E-state index is 0.166. The van der Waals surface area contributed by atoms with Gasteiger partial charge in [0.25, 0.3) is 0 Å². The predicted octanol–water partition coefficient (Wildman–Crippen LogP) is 4.73.